The van der Waals surface area contributed by atoms with Crippen molar-refractivity contribution in [2.75, 3.05) is 25.1 Å². The highest BCUT2D eigenvalue weighted by atomic mass is 16.5. The van der Waals surface area contributed by atoms with E-state index in [-0.39, 0.29) is 11.4 Å². The third-order valence-corrected chi connectivity index (χ3v) is 3.10. The smallest absolute Gasteiger partial charge is 0.271 e. The molecular weight excluding hydrogens is 244 g/mol. The van der Waals surface area contributed by atoms with Crippen molar-refractivity contribution < 1.29 is 9.53 Å². The van der Waals surface area contributed by atoms with Crippen LogP contribution in [0, 0.1) is 0 Å². The second-order valence-electron chi connectivity index (χ2n) is 4.99. The number of carbonyl (C=O) groups is 1. The van der Waals surface area contributed by atoms with Crippen molar-refractivity contribution in [3.8, 4) is 0 Å². The highest BCUT2D eigenvalue weighted by molar-refractivity contribution is 5.92. The summed E-state index contributed by atoms with van der Waals surface area (Å²) >= 11 is 0. The average molecular weight is 264 g/mol. The largest absolute Gasteiger partial charge is 0.379 e. The van der Waals surface area contributed by atoms with Crippen LogP contribution in [0.4, 0.5) is 5.82 Å². The monoisotopic (exact) mass is 264 g/mol. The molecule has 2 rings (SSSR count). The number of nitrogens with one attached hydrogen (secondary N) is 2. The van der Waals surface area contributed by atoms with Gasteiger partial charge >= 0.3 is 0 Å². The SMILES string of the molecule is CCNc1cnc(C(=O)NC2(C)CCCOC2)cn1. The molecule has 104 valence electrons. The second-order valence-corrected chi connectivity index (χ2v) is 4.99. The molecule has 0 aromatic carbocycles. The number of hydrogen-bond acceptors (Lipinski definition) is 5. The lowest BCUT2D eigenvalue weighted by Crippen LogP contribution is -2.51. The van der Waals surface area contributed by atoms with Gasteiger partial charge in [0, 0.05) is 13.2 Å². The fourth-order valence-corrected chi connectivity index (χ4v) is 2.09. The Kier molecular flexibility index (Phi) is 4.31. The van der Waals surface area contributed by atoms with Crippen molar-refractivity contribution in [3.05, 3.63) is 18.1 Å². The Labute approximate surface area is 113 Å². The normalized spacial score (nSPS) is 22.8. The van der Waals surface area contributed by atoms with Crippen LogP contribution in [0.2, 0.25) is 0 Å². The summed E-state index contributed by atoms with van der Waals surface area (Å²) in [4.78, 5) is 20.4. The first-order valence-corrected chi connectivity index (χ1v) is 6.59. The molecule has 0 bridgehead atoms. The van der Waals surface area contributed by atoms with Crippen LogP contribution in [0.25, 0.3) is 0 Å². The molecule has 6 nitrogen and oxygen atoms in total. The number of carbonyl (C=O) groups excluding carboxylic acids is 1. The molecule has 2 heterocycles. The fourth-order valence-electron chi connectivity index (χ4n) is 2.09. The number of nitrogens with zero attached hydrogens (tertiary/aromatic N) is 2. The number of hydrogen-bond donors (Lipinski definition) is 2. The van der Waals surface area contributed by atoms with Crippen molar-refractivity contribution in [2.24, 2.45) is 0 Å². The first-order chi connectivity index (χ1) is 9.13. The van der Waals surface area contributed by atoms with Crippen LogP contribution < -0.4 is 10.6 Å². The van der Waals surface area contributed by atoms with Crippen LogP contribution in [-0.2, 0) is 4.74 Å². The van der Waals surface area contributed by atoms with Crippen molar-refractivity contribution in [2.45, 2.75) is 32.2 Å². The van der Waals surface area contributed by atoms with Crippen LogP contribution >= 0.6 is 0 Å². The maximum Gasteiger partial charge on any atom is 0.271 e. The van der Waals surface area contributed by atoms with Crippen LogP contribution in [-0.4, -0.2) is 41.2 Å². The summed E-state index contributed by atoms with van der Waals surface area (Å²) in [6, 6.07) is 0. The topological polar surface area (TPSA) is 76.1 Å². The zero-order valence-corrected chi connectivity index (χ0v) is 11.4. The zero-order valence-electron chi connectivity index (χ0n) is 11.4. The Morgan fingerprint density at radius 3 is 2.89 bits per heavy atom. The molecule has 2 N–H and O–H groups in total. The van der Waals surface area contributed by atoms with Gasteiger partial charge in [-0.3, -0.25) is 4.79 Å². The Morgan fingerprint density at radius 1 is 1.47 bits per heavy atom. The van der Waals surface area contributed by atoms with E-state index in [0.717, 1.165) is 26.0 Å². The van der Waals surface area contributed by atoms with Gasteiger partial charge in [-0.25, -0.2) is 9.97 Å². The molecule has 1 unspecified atom stereocenters. The minimum absolute atomic E-state index is 0.205. The van der Waals surface area contributed by atoms with Crippen molar-refractivity contribution >= 4 is 11.7 Å². The fraction of sp³-hybridized carbons (Fsp3) is 0.615. The number of anilines is 1. The molecule has 1 aliphatic rings. The number of ether oxygens (including phenoxy) is 1. The molecule has 1 aromatic heterocycles. The van der Waals surface area contributed by atoms with Gasteiger partial charge in [0.25, 0.3) is 5.91 Å². The number of amides is 1. The van der Waals surface area contributed by atoms with Gasteiger partial charge in [0.1, 0.15) is 11.5 Å². The summed E-state index contributed by atoms with van der Waals surface area (Å²) in [5.41, 5.74) is 0.0191. The van der Waals surface area contributed by atoms with Gasteiger partial charge in [-0.1, -0.05) is 0 Å². The van der Waals surface area contributed by atoms with Gasteiger partial charge in [0.05, 0.1) is 24.5 Å². The molecule has 0 aliphatic carbocycles. The van der Waals surface area contributed by atoms with Crippen molar-refractivity contribution in [3.63, 3.8) is 0 Å². The highest BCUT2D eigenvalue weighted by Crippen LogP contribution is 2.18. The molecule has 1 aromatic rings. The van der Waals surface area contributed by atoms with Gasteiger partial charge < -0.3 is 15.4 Å². The van der Waals surface area contributed by atoms with Gasteiger partial charge in [-0.2, -0.15) is 0 Å². The molecule has 1 saturated heterocycles. The number of rotatable bonds is 4. The molecule has 0 spiro atoms. The van der Waals surface area contributed by atoms with Crippen LogP contribution in [0.5, 0.6) is 0 Å². The predicted molar refractivity (Wildman–Crippen MR) is 72.1 cm³/mol. The van der Waals surface area contributed by atoms with E-state index in [1.807, 2.05) is 13.8 Å². The van der Waals surface area contributed by atoms with E-state index in [9.17, 15) is 4.79 Å². The Morgan fingerprint density at radius 2 is 2.32 bits per heavy atom. The summed E-state index contributed by atoms with van der Waals surface area (Å²) in [5, 5.41) is 6.01. The van der Waals surface area contributed by atoms with E-state index in [2.05, 4.69) is 20.6 Å². The minimum Gasteiger partial charge on any atom is -0.379 e. The van der Waals surface area contributed by atoms with Crippen LogP contribution in [0.1, 0.15) is 37.2 Å². The third-order valence-electron chi connectivity index (χ3n) is 3.10. The number of aromatic nitrogens is 2. The predicted octanol–water partition coefficient (Wildman–Crippen LogP) is 1.21. The molecule has 0 radical (unpaired) electrons. The zero-order chi connectivity index (χ0) is 13.7. The standard InChI is InChI=1S/C13H20N4O2/c1-3-14-11-8-15-10(7-16-11)12(18)17-13(2)5-4-6-19-9-13/h7-8H,3-6,9H2,1-2H3,(H,14,16)(H,17,18). The molecule has 1 amide bonds. The van der Waals surface area contributed by atoms with Gasteiger partial charge in [-0.05, 0) is 26.7 Å². The highest BCUT2D eigenvalue weighted by Gasteiger charge is 2.29. The van der Waals surface area contributed by atoms with E-state index < -0.39 is 0 Å². The van der Waals surface area contributed by atoms with Crippen LogP contribution in [0.15, 0.2) is 12.4 Å². The van der Waals surface area contributed by atoms with Gasteiger partial charge in [0.2, 0.25) is 0 Å². The quantitative estimate of drug-likeness (QED) is 0.854. The Hall–Kier alpha value is -1.69. The van der Waals surface area contributed by atoms with E-state index in [1.165, 1.54) is 6.20 Å². The minimum atomic E-state index is -0.308. The first-order valence-electron chi connectivity index (χ1n) is 6.59. The molecule has 6 heteroatoms. The van der Waals surface area contributed by atoms with E-state index >= 15 is 0 Å². The van der Waals surface area contributed by atoms with Crippen LogP contribution in [0.3, 0.4) is 0 Å². The summed E-state index contributed by atoms with van der Waals surface area (Å²) < 4.78 is 5.41. The van der Waals surface area contributed by atoms with Crippen molar-refractivity contribution in [1.29, 1.82) is 0 Å². The molecule has 1 aliphatic heterocycles. The molecule has 0 saturated carbocycles. The lowest BCUT2D eigenvalue weighted by Gasteiger charge is -2.34. The summed E-state index contributed by atoms with van der Waals surface area (Å²) in [7, 11) is 0. The summed E-state index contributed by atoms with van der Waals surface area (Å²) in [6.45, 7) is 6.05. The molecule has 1 atom stereocenters. The first kappa shape index (κ1) is 13.7. The molecular formula is C13H20N4O2. The lowest BCUT2D eigenvalue weighted by atomic mass is 9.95. The Balaban J connectivity index is 1.99. The maximum atomic E-state index is 12.1. The third kappa shape index (κ3) is 3.64. The van der Waals surface area contributed by atoms with Gasteiger partial charge in [-0.15, -0.1) is 0 Å². The molecule has 19 heavy (non-hydrogen) atoms. The lowest BCUT2D eigenvalue weighted by molar-refractivity contribution is 0.0271. The average Bonchev–Trinajstić information content (AvgIpc) is 2.40. The molecule has 1 fully saturated rings. The van der Waals surface area contributed by atoms with E-state index in [1.54, 1.807) is 6.20 Å². The summed E-state index contributed by atoms with van der Waals surface area (Å²) in [5.74, 6) is 0.467. The summed E-state index contributed by atoms with van der Waals surface area (Å²) in [6.07, 6.45) is 4.93. The van der Waals surface area contributed by atoms with E-state index in [0.29, 0.717) is 18.1 Å². The van der Waals surface area contributed by atoms with Gasteiger partial charge in [0.15, 0.2) is 0 Å². The second kappa shape index (κ2) is 5.97. The Bertz CT molecular complexity index is 427. The van der Waals surface area contributed by atoms with Crippen molar-refractivity contribution in [1.82, 2.24) is 15.3 Å². The maximum absolute atomic E-state index is 12.1. The van der Waals surface area contributed by atoms with E-state index in [4.69, 9.17) is 4.74 Å².